The van der Waals surface area contributed by atoms with Gasteiger partial charge in [0.25, 0.3) is 5.91 Å². The Morgan fingerprint density at radius 1 is 0.967 bits per heavy atom. The molecule has 0 bridgehead atoms. The first-order valence-electron chi connectivity index (χ1n) is 9.35. The number of hydrogen-bond donors (Lipinski definition) is 2. The van der Waals surface area contributed by atoms with E-state index in [0.717, 1.165) is 51.9 Å². The molecule has 0 aliphatic heterocycles. The molecule has 0 aliphatic carbocycles. The molecular formula is C22H21F3N2O3. The van der Waals surface area contributed by atoms with Crippen LogP contribution in [0.15, 0.2) is 47.1 Å². The summed E-state index contributed by atoms with van der Waals surface area (Å²) in [7, 11) is 0. The molecule has 3 rings (SSSR count). The fraction of sp³-hybridized carbons (Fsp3) is 0.273. The van der Waals surface area contributed by atoms with Gasteiger partial charge in [0.05, 0.1) is 18.2 Å². The highest BCUT2D eigenvalue weighted by atomic mass is 19.4. The number of carbonyl (C=O) groups is 2. The van der Waals surface area contributed by atoms with Gasteiger partial charge in [0.15, 0.2) is 0 Å². The van der Waals surface area contributed by atoms with Crippen LogP contribution in [-0.2, 0) is 17.4 Å². The number of fused-ring (bicyclic) bond motifs is 1. The smallest absolute Gasteiger partial charge is 0.416 e. The van der Waals surface area contributed by atoms with Crippen molar-refractivity contribution in [1.82, 2.24) is 10.6 Å². The Balaban J connectivity index is 1.47. The largest absolute Gasteiger partial charge is 0.464 e. The van der Waals surface area contributed by atoms with Gasteiger partial charge in [0.1, 0.15) is 5.58 Å². The van der Waals surface area contributed by atoms with E-state index in [4.69, 9.17) is 4.42 Å². The van der Waals surface area contributed by atoms with E-state index in [-0.39, 0.29) is 31.0 Å². The Morgan fingerprint density at radius 3 is 2.30 bits per heavy atom. The molecule has 2 amide bonds. The Bertz CT molecular complexity index is 1070. The predicted octanol–water partition coefficient (Wildman–Crippen LogP) is 4.16. The summed E-state index contributed by atoms with van der Waals surface area (Å²) in [5.74, 6) is -0.732. The molecule has 158 valence electrons. The van der Waals surface area contributed by atoms with Gasteiger partial charge in [-0.25, -0.2) is 0 Å². The molecule has 0 fully saturated rings. The average molecular weight is 418 g/mol. The number of nitrogens with one attached hydrogen (secondary N) is 2. The molecule has 0 aliphatic rings. The highest BCUT2D eigenvalue weighted by Gasteiger charge is 2.30. The molecule has 0 unspecified atom stereocenters. The number of benzene rings is 2. The number of rotatable bonds is 6. The number of furan rings is 1. The summed E-state index contributed by atoms with van der Waals surface area (Å²) < 4.78 is 43.3. The maximum absolute atomic E-state index is 12.6. The Labute approximate surface area is 171 Å². The van der Waals surface area contributed by atoms with Gasteiger partial charge in [0, 0.05) is 29.6 Å². The van der Waals surface area contributed by atoms with Crippen LogP contribution in [0.5, 0.6) is 0 Å². The summed E-state index contributed by atoms with van der Waals surface area (Å²) in [6.45, 7) is 4.29. The fourth-order valence-electron chi connectivity index (χ4n) is 3.05. The Kier molecular flexibility index (Phi) is 6.14. The number of hydrogen-bond acceptors (Lipinski definition) is 3. The zero-order valence-electron chi connectivity index (χ0n) is 16.5. The second-order valence-corrected chi connectivity index (χ2v) is 7.00. The molecule has 0 spiro atoms. The highest BCUT2D eigenvalue weighted by Crippen LogP contribution is 2.29. The predicted molar refractivity (Wildman–Crippen MR) is 106 cm³/mol. The zero-order valence-corrected chi connectivity index (χ0v) is 16.5. The van der Waals surface area contributed by atoms with Crippen molar-refractivity contribution in [3.63, 3.8) is 0 Å². The van der Waals surface area contributed by atoms with Crippen molar-refractivity contribution in [3.05, 3.63) is 70.5 Å². The number of carbonyl (C=O) groups excluding carboxylic acids is 2. The number of aryl methyl sites for hydroxylation is 2. The average Bonchev–Trinajstić information content (AvgIpc) is 3.10. The maximum Gasteiger partial charge on any atom is 0.416 e. The van der Waals surface area contributed by atoms with E-state index < -0.39 is 17.6 Å². The summed E-state index contributed by atoms with van der Waals surface area (Å²) in [6, 6.07) is 7.85. The number of amides is 2. The van der Waals surface area contributed by atoms with Gasteiger partial charge >= 0.3 is 6.18 Å². The van der Waals surface area contributed by atoms with Gasteiger partial charge in [-0.3, -0.25) is 9.59 Å². The molecule has 2 aromatic carbocycles. The number of halogens is 3. The van der Waals surface area contributed by atoms with Crippen molar-refractivity contribution >= 4 is 22.8 Å². The van der Waals surface area contributed by atoms with Gasteiger partial charge < -0.3 is 15.1 Å². The quantitative estimate of drug-likeness (QED) is 0.591. The lowest BCUT2D eigenvalue weighted by Crippen LogP contribution is -2.35. The third-order valence-electron chi connectivity index (χ3n) is 4.90. The van der Waals surface area contributed by atoms with E-state index >= 15 is 0 Å². The monoisotopic (exact) mass is 418 g/mol. The van der Waals surface area contributed by atoms with Gasteiger partial charge in [-0.05, 0) is 49.2 Å². The molecule has 1 heterocycles. The van der Waals surface area contributed by atoms with Crippen LogP contribution in [0.25, 0.3) is 11.0 Å². The summed E-state index contributed by atoms with van der Waals surface area (Å²) in [5.41, 5.74) is 2.98. The van der Waals surface area contributed by atoms with Crippen LogP contribution in [0.2, 0.25) is 0 Å². The fourth-order valence-corrected chi connectivity index (χ4v) is 3.05. The lowest BCUT2D eigenvalue weighted by atomic mass is 10.0. The van der Waals surface area contributed by atoms with Crippen molar-refractivity contribution in [3.8, 4) is 0 Å². The minimum Gasteiger partial charge on any atom is -0.464 e. The summed E-state index contributed by atoms with van der Waals surface area (Å²) in [6.07, 6.45) is -2.73. The van der Waals surface area contributed by atoms with Crippen molar-refractivity contribution in [2.45, 2.75) is 26.4 Å². The Morgan fingerprint density at radius 2 is 1.63 bits per heavy atom. The van der Waals surface area contributed by atoms with E-state index in [0.29, 0.717) is 0 Å². The molecule has 3 aromatic rings. The van der Waals surface area contributed by atoms with Gasteiger partial charge in [-0.1, -0.05) is 12.1 Å². The maximum atomic E-state index is 12.6. The molecule has 0 saturated carbocycles. The van der Waals surface area contributed by atoms with Crippen molar-refractivity contribution in [2.24, 2.45) is 0 Å². The van der Waals surface area contributed by atoms with E-state index in [9.17, 15) is 22.8 Å². The molecule has 8 heteroatoms. The van der Waals surface area contributed by atoms with Crippen LogP contribution in [0, 0.1) is 13.8 Å². The molecule has 5 nitrogen and oxygen atoms in total. The third kappa shape index (κ3) is 4.82. The first-order chi connectivity index (χ1) is 14.2. The highest BCUT2D eigenvalue weighted by molar-refractivity contribution is 5.94. The first-order valence-corrected chi connectivity index (χ1v) is 9.35. The minimum absolute atomic E-state index is 0.116. The van der Waals surface area contributed by atoms with Gasteiger partial charge in [0.2, 0.25) is 5.91 Å². The topological polar surface area (TPSA) is 71.3 Å². The lowest BCUT2D eigenvalue weighted by molar-refractivity contribution is -0.137. The molecular weight excluding hydrogens is 397 g/mol. The van der Waals surface area contributed by atoms with Crippen LogP contribution in [-0.4, -0.2) is 24.9 Å². The van der Waals surface area contributed by atoms with Crippen molar-refractivity contribution in [2.75, 3.05) is 13.1 Å². The molecule has 1 aromatic heterocycles. The summed E-state index contributed by atoms with van der Waals surface area (Å²) >= 11 is 0. The normalized spacial score (nSPS) is 11.5. The standard InChI is InChI=1S/C22H21F3N2O3/c1-13-3-8-18-16(12-30-20(18)14(13)2)11-19(28)26-9-10-27-21(29)15-4-6-17(7-5-15)22(23,24)25/h3-8,12H,9-11H2,1-2H3,(H,26,28)(H,27,29). The Hall–Kier alpha value is -3.29. The van der Waals surface area contributed by atoms with Crippen LogP contribution >= 0.6 is 0 Å². The molecule has 0 radical (unpaired) electrons. The second kappa shape index (κ2) is 8.61. The van der Waals surface area contributed by atoms with E-state index in [1.807, 2.05) is 26.0 Å². The number of alkyl halides is 3. The SMILES string of the molecule is Cc1ccc2c(CC(=O)NCCNC(=O)c3ccc(C(F)(F)F)cc3)coc2c1C. The summed E-state index contributed by atoms with van der Waals surface area (Å²) in [5, 5.41) is 6.16. The second-order valence-electron chi connectivity index (χ2n) is 7.00. The zero-order chi connectivity index (χ0) is 21.9. The van der Waals surface area contributed by atoms with Crippen LogP contribution < -0.4 is 10.6 Å². The van der Waals surface area contributed by atoms with Crippen molar-refractivity contribution in [1.29, 1.82) is 0 Å². The molecule has 30 heavy (non-hydrogen) atoms. The van der Waals surface area contributed by atoms with E-state index in [2.05, 4.69) is 10.6 Å². The van der Waals surface area contributed by atoms with Gasteiger partial charge in [-0.2, -0.15) is 13.2 Å². The van der Waals surface area contributed by atoms with Crippen LogP contribution in [0.1, 0.15) is 32.6 Å². The van der Waals surface area contributed by atoms with E-state index in [1.165, 1.54) is 0 Å². The molecule has 2 N–H and O–H groups in total. The minimum atomic E-state index is -4.45. The molecule has 0 saturated heterocycles. The lowest BCUT2D eigenvalue weighted by Gasteiger charge is -2.09. The third-order valence-corrected chi connectivity index (χ3v) is 4.90. The van der Waals surface area contributed by atoms with Crippen LogP contribution in [0.4, 0.5) is 13.2 Å². The first kappa shape index (κ1) is 21.4. The van der Waals surface area contributed by atoms with E-state index in [1.54, 1.807) is 6.26 Å². The van der Waals surface area contributed by atoms with Gasteiger partial charge in [-0.15, -0.1) is 0 Å². The van der Waals surface area contributed by atoms with Crippen molar-refractivity contribution < 1.29 is 27.2 Å². The summed E-state index contributed by atoms with van der Waals surface area (Å²) in [4.78, 5) is 24.2. The van der Waals surface area contributed by atoms with Crippen LogP contribution in [0.3, 0.4) is 0 Å². The molecule has 0 atom stereocenters.